The zero-order valence-electron chi connectivity index (χ0n) is 17.1. The highest BCUT2D eigenvalue weighted by molar-refractivity contribution is 5.93. The normalized spacial score (nSPS) is 12.7. The van der Waals surface area contributed by atoms with E-state index in [2.05, 4.69) is 16.0 Å². The van der Waals surface area contributed by atoms with Gasteiger partial charge < -0.3 is 38.9 Å². The molecule has 0 fully saturated rings. The molecule has 0 saturated carbocycles. The number of amides is 4. The summed E-state index contributed by atoms with van der Waals surface area (Å²) >= 11 is 0. The summed E-state index contributed by atoms with van der Waals surface area (Å²) < 4.78 is 0. The Morgan fingerprint density at radius 1 is 0.724 bits per heavy atom. The molecule has 0 aliphatic rings. The maximum atomic E-state index is 12.1. The fourth-order valence-electron chi connectivity index (χ4n) is 2.49. The molecule has 0 aromatic heterocycles. The van der Waals surface area contributed by atoms with Gasteiger partial charge in [0.25, 0.3) is 0 Å². The number of primary amides is 1. The molecule has 11 N–H and O–H groups in total. The number of nitrogens with one attached hydrogen (secondary N) is 3. The van der Waals surface area contributed by atoms with Gasteiger partial charge in [-0.05, 0) is 38.8 Å². The number of rotatable bonds is 17. The third-order valence-corrected chi connectivity index (χ3v) is 4.19. The molecule has 0 saturated heterocycles. The molecule has 0 heterocycles. The molecule has 2 unspecified atom stereocenters. The van der Waals surface area contributed by atoms with E-state index < -0.39 is 35.7 Å². The van der Waals surface area contributed by atoms with Crippen LogP contribution in [0.5, 0.6) is 0 Å². The van der Waals surface area contributed by atoms with Crippen LogP contribution in [0.2, 0.25) is 0 Å². The standard InChI is InChI=1S/C18H37N7O4/c19-7-3-1-5-9-23-15(26)12-14(17(22)28)25-16(27)11-13(21)18(29)24-10-6-2-4-8-20/h13-14H,1-12,19-21H2,(H2,22,28)(H,23,26)(H,24,29)(H,25,27). The minimum atomic E-state index is -1.17. The van der Waals surface area contributed by atoms with Crippen molar-refractivity contribution in [1.29, 1.82) is 0 Å². The van der Waals surface area contributed by atoms with Crippen LogP contribution < -0.4 is 38.9 Å². The smallest absolute Gasteiger partial charge is 0.240 e. The van der Waals surface area contributed by atoms with Gasteiger partial charge in [-0.2, -0.15) is 0 Å². The van der Waals surface area contributed by atoms with E-state index in [0.29, 0.717) is 26.2 Å². The number of carbonyl (C=O) groups is 4. The van der Waals surface area contributed by atoms with Crippen LogP contribution in [0.25, 0.3) is 0 Å². The van der Waals surface area contributed by atoms with Crippen molar-refractivity contribution in [2.45, 2.75) is 63.5 Å². The Morgan fingerprint density at radius 3 is 1.79 bits per heavy atom. The summed E-state index contributed by atoms with van der Waals surface area (Å²) in [5.74, 6) is -2.33. The highest BCUT2D eigenvalue weighted by Gasteiger charge is 2.24. The van der Waals surface area contributed by atoms with E-state index >= 15 is 0 Å². The molecule has 11 nitrogen and oxygen atoms in total. The molecule has 11 heteroatoms. The lowest BCUT2D eigenvalue weighted by Gasteiger charge is -2.17. The van der Waals surface area contributed by atoms with E-state index in [-0.39, 0.29) is 12.8 Å². The fourth-order valence-corrected chi connectivity index (χ4v) is 2.49. The van der Waals surface area contributed by atoms with Crippen LogP contribution in [0.15, 0.2) is 0 Å². The quantitative estimate of drug-likeness (QED) is 0.127. The molecule has 0 aromatic rings. The minimum absolute atomic E-state index is 0.277. The molecule has 0 aliphatic carbocycles. The molecule has 0 radical (unpaired) electrons. The van der Waals surface area contributed by atoms with E-state index in [1.54, 1.807) is 0 Å². The monoisotopic (exact) mass is 415 g/mol. The number of hydrogen-bond donors (Lipinski definition) is 7. The van der Waals surface area contributed by atoms with Crippen molar-refractivity contribution in [2.24, 2.45) is 22.9 Å². The minimum Gasteiger partial charge on any atom is -0.368 e. The highest BCUT2D eigenvalue weighted by Crippen LogP contribution is 1.98. The average Bonchev–Trinajstić information content (AvgIpc) is 2.66. The Balaban J connectivity index is 4.26. The molecule has 4 amide bonds. The predicted octanol–water partition coefficient (Wildman–Crippen LogP) is -2.45. The van der Waals surface area contributed by atoms with Crippen molar-refractivity contribution in [3.63, 3.8) is 0 Å². The largest absolute Gasteiger partial charge is 0.368 e. The number of nitrogens with two attached hydrogens (primary N) is 4. The Kier molecular flexibility index (Phi) is 15.4. The van der Waals surface area contributed by atoms with Crippen molar-refractivity contribution in [3.8, 4) is 0 Å². The molecule has 29 heavy (non-hydrogen) atoms. The lowest BCUT2D eigenvalue weighted by molar-refractivity contribution is -0.131. The van der Waals surface area contributed by atoms with Crippen molar-refractivity contribution < 1.29 is 19.2 Å². The molecular weight excluding hydrogens is 378 g/mol. The Bertz CT molecular complexity index is 516. The number of unbranched alkanes of at least 4 members (excludes halogenated alkanes) is 4. The molecular formula is C18H37N7O4. The van der Waals surface area contributed by atoms with Crippen LogP contribution in [-0.4, -0.2) is 61.9 Å². The van der Waals surface area contributed by atoms with Crippen molar-refractivity contribution >= 4 is 23.6 Å². The van der Waals surface area contributed by atoms with Gasteiger partial charge in [0.2, 0.25) is 23.6 Å². The Labute approximate surface area is 172 Å². The summed E-state index contributed by atoms with van der Waals surface area (Å²) in [7, 11) is 0. The third-order valence-electron chi connectivity index (χ3n) is 4.19. The molecule has 0 bridgehead atoms. The summed E-state index contributed by atoms with van der Waals surface area (Å²) in [4.78, 5) is 47.4. The number of hydrogen-bond acceptors (Lipinski definition) is 7. The van der Waals surface area contributed by atoms with Crippen molar-refractivity contribution in [1.82, 2.24) is 16.0 Å². The lowest BCUT2D eigenvalue weighted by Crippen LogP contribution is -2.50. The Hall–Kier alpha value is -2.24. The van der Waals surface area contributed by atoms with Gasteiger partial charge in [-0.1, -0.05) is 12.8 Å². The third kappa shape index (κ3) is 14.4. The summed E-state index contributed by atoms with van der Waals surface area (Å²) in [6, 6.07) is -2.23. The first kappa shape index (κ1) is 26.8. The second-order valence-corrected chi connectivity index (χ2v) is 6.88. The molecule has 0 aromatic carbocycles. The summed E-state index contributed by atoms with van der Waals surface area (Å²) in [6.45, 7) is 2.09. The summed E-state index contributed by atoms with van der Waals surface area (Å²) in [5, 5.41) is 7.67. The van der Waals surface area contributed by atoms with Crippen LogP contribution in [0.4, 0.5) is 0 Å². The van der Waals surface area contributed by atoms with E-state index in [4.69, 9.17) is 22.9 Å². The van der Waals surface area contributed by atoms with E-state index in [0.717, 1.165) is 38.5 Å². The van der Waals surface area contributed by atoms with Gasteiger partial charge in [-0.25, -0.2) is 0 Å². The van der Waals surface area contributed by atoms with Gasteiger partial charge in [0.1, 0.15) is 6.04 Å². The van der Waals surface area contributed by atoms with Gasteiger partial charge in [0, 0.05) is 13.1 Å². The van der Waals surface area contributed by atoms with Crippen LogP contribution in [-0.2, 0) is 19.2 Å². The Morgan fingerprint density at radius 2 is 1.28 bits per heavy atom. The summed E-state index contributed by atoms with van der Waals surface area (Å²) in [6.07, 6.45) is 4.47. The molecule has 0 aliphatic heterocycles. The topological polar surface area (TPSA) is 208 Å². The van der Waals surface area contributed by atoms with Crippen LogP contribution in [0, 0.1) is 0 Å². The van der Waals surface area contributed by atoms with E-state index in [1.807, 2.05) is 0 Å². The molecule has 168 valence electrons. The highest BCUT2D eigenvalue weighted by atomic mass is 16.2. The van der Waals surface area contributed by atoms with Crippen molar-refractivity contribution in [3.05, 3.63) is 0 Å². The first-order valence-corrected chi connectivity index (χ1v) is 10.1. The SMILES string of the molecule is NCCCCCNC(=O)CC(NC(=O)CC(N)C(=O)NCCCCCN)C(N)=O. The first-order chi connectivity index (χ1) is 13.8. The molecule has 0 rings (SSSR count). The fraction of sp³-hybridized carbons (Fsp3) is 0.778. The van der Waals surface area contributed by atoms with Gasteiger partial charge in [-0.3, -0.25) is 19.2 Å². The van der Waals surface area contributed by atoms with Gasteiger partial charge in [-0.15, -0.1) is 0 Å². The van der Waals surface area contributed by atoms with Gasteiger partial charge >= 0.3 is 0 Å². The zero-order valence-corrected chi connectivity index (χ0v) is 17.1. The average molecular weight is 416 g/mol. The van der Waals surface area contributed by atoms with E-state index in [1.165, 1.54) is 0 Å². The molecule has 0 spiro atoms. The molecule has 2 atom stereocenters. The zero-order chi connectivity index (χ0) is 22.1. The predicted molar refractivity (Wildman–Crippen MR) is 110 cm³/mol. The summed E-state index contributed by atoms with van der Waals surface area (Å²) in [5.41, 5.74) is 21.8. The van der Waals surface area contributed by atoms with E-state index in [9.17, 15) is 19.2 Å². The second kappa shape index (κ2) is 16.7. The van der Waals surface area contributed by atoms with Crippen molar-refractivity contribution in [2.75, 3.05) is 26.2 Å². The number of carbonyl (C=O) groups excluding carboxylic acids is 4. The second-order valence-electron chi connectivity index (χ2n) is 6.88. The maximum Gasteiger partial charge on any atom is 0.240 e. The van der Waals surface area contributed by atoms with Crippen LogP contribution >= 0.6 is 0 Å². The lowest BCUT2D eigenvalue weighted by atomic mass is 10.1. The van der Waals surface area contributed by atoms with Gasteiger partial charge in [0.05, 0.1) is 18.9 Å². The maximum absolute atomic E-state index is 12.1. The van der Waals surface area contributed by atoms with Crippen LogP contribution in [0.1, 0.15) is 51.4 Å². The van der Waals surface area contributed by atoms with Crippen LogP contribution in [0.3, 0.4) is 0 Å². The van der Waals surface area contributed by atoms with Gasteiger partial charge in [0.15, 0.2) is 0 Å². The first-order valence-electron chi connectivity index (χ1n) is 10.1.